The highest BCUT2D eigenvalue weighted by Crippen LogP contribution is 2.25. The molecule has 1 aliphatic heterocycles. The van der Waals surface area contributed by atoms with Crippen molar-refractivity contribution in [2.45, 2.75) is 12.5 Å². The second kappa shape index (κ2) is 4.13. The van der Waals surface area contributed by atoms with E-state index in [1.54, 1.807) is 0 Å². The van der Waals surface area contributed by atoms with Crippen LogP contribution in [0.4, 0.5) is 0 Å². The maximum Gasteiger partial charge on any atom is 0.115 e. The zero-order valence-electron chi connectivity index (χ0n) is 8.13. The summed E-state index contributed by atoms with van der Waals surface area (Å²) in [6, 6.07) is 0.242. The zero-order chi connectivity index (χ0) is 9.97. The third kappa shape index (κ3) is 1.56. The van der Waals surface area contributed by atoms with Crippen LogP contribution in [0.2, 0.25) is 0 Å². The fourth-order valence-electron chi connectivity index (χ4n) is 2.11. The third-order valence-electron chi connectivity index (χ3n) is 2.92. The van der Waals surface area contributed by atoms with Crippen molar-refractivity contribution in [2.24, 2.45) is 0 Å². The molecule has 1 atom stereocenters. The summed E-state index contributed by atoms with van der Waals surface area (Å²) in [6.07, 6.45) is 7.04. The summed E-state index contributed by atoms with van der Waals surface area (Å²) in [6.45, 7) is 1.75. The Balaban J connectivity index is 2.19. The molecule has 14 heavy (non-hydrogen) atoms. The molecular formula is C10H16N2O2. The summed E-state index contributed by atoms with van der Waals surface area (Å²) in [5, 5.41) is 18.4. The van der Waals surface area contributed by atoms with Crippen LogP contribution in [-0.4, -0.2) is 52.6 Å². The number of allylic oxidation sites excluding steroid dienone is 2. The van der Waals surface area contributed by atoms with Crippen LogP contribution in [0.1, 0.15) is 6.42 Å². The van der Waals surface area contributed by atoms with Crippen molar-refractivity contribution in [3.05, 3.63) is 23.9 Å². The normalized spacial score (nSPS) is 27.4. The molecule has 78 valence electrons. The number of nitrogens with zero attached hydrogens (tertiary/aromatic N) is 2. The molecule has 0 aromatic carbocycles. The first kappa shape index (κ1) is 9.71. The van der Waals surface area contributed by atoms with Gasteiger partial charge in [0.1, 0.15) is 6.73 Å². The molecule has 4 heteroatoms. The summed E-state index contributed by atoms with van der Waals surface area (Å²) in [5.74, 6) is 0. The van der Waals surface area contributed by atoms with Gasteiger partial charge in [0.25, 0.3) is 0 Å². The van der Waals surface area contributed by atoms with Crippen LogP contribution >= 0.6 is 0 Å². The van der Waals surface area contributed by atoms with Gasteiger partial charge < -0.3 is 15.1 Å². The molecule has 0 saturated carbocycles. The Hall–Kier alpha value is -0.840. The van der Waals surface area contributed by atoms with Crippen molar-refractivity contribution < 1.29 is 10.2 Å². The quantitative estimate of drug-likeness (QED) is 0.637. The van der Waals surface area contributed by atoms with Crippen LogP contribution < -0.4 is 0 Å². The molecule has 0 aromatic rings. The van der Waals surface area contributed by atoms with Gasteiger partial charge in [-0.05, 0) is 12.5 Å². The molecule has 0 bridgehead atoms. The molecular weight excluding hydrogens is 180 g/mol. The lowest BCUT2D eigenvalue weighted by Crippen LogP contribution is -2.52. The molecule has 1 heterocycles. The van der Waals surface area contributed by atoms with Crippen molar-refractivity contribution in [3.8, 4) is 0 Å². The molecule has 1 aliphatic carbocycles. The summed E-state index contributed by atoms with van der Waals surface area (Å²) < 4.78 is 0. The summed E-state index contributed by atoms with van der Waals surface area (Å²) in [4.78, 5) is 3.99. The highest BCUT2D eigenvalue weighted by atomic mass is 16.3. The van der Waals surface area contributed by atoms with E-state index in [2.05, 4.69) is 6.08 Å². The van der Waals surface area contributed by atoms with Gasteiger partial charge in [0, 0.05) is 18.8 Å². The maximum absolute atomic E-state index is 9.18. The number of hydrogen-bond donors (Lipinski definition) is 2. The molecule has 1 saturated heterocycles. The minimum absolute atomic E-state index is 0.0649. The highest BCUT2D eigenvalue weighted by molar-refractivity contribution is 5.24. The Morgan fingerprint density at radius 3 is 2.86 bits per heavy atom. The summed E-state index contributed by atoms with van der Waals surface area (Å²) >= 11 is 0. The Morgan fingerprint density at radius 2 is 2.14 bits per heavy atom. The standard InChI is InChI=1S/C10H16N2O2/c13-7-11-5-6-12(8-14)10-4-2-1-3-9(10)11/h1-3,10,13-14H,4-8H2. The minimum atomic E-state index is 0.0649. The number of fused-ring (bicyclic) bond motifs is 1. The predicted molar refractivity (Wildman–Crippen MR) is 53.2 cm³/mol. The van der Waals surface area contributed by atoms with E-state index in [0.29, 0.717) is 0 Å². The second-order valence-corrected chi connectivity index (χ2v) is 3.63. The van der Waals surface area contributed by atoms with Gasteiger partial charge in [-0.3, -0.25) is 4.90 Å². The van der Waals surface area contributed by atoms with Gasteiger partial charge in [0.05, 0.1) is 12.8 Å². The molecule has 0 spiro atoms. The molecule has 0 radical (unpaired) electrons. The number of rotatable bonds is 2. The smallest absolute Gasteiger partial charge is 0.115 e. The van der Waals surface area contributed by atoms with Crippen molar-refractivity contribution in [3.63, 3.8) is 0 Å². The average Bonchev–Trinajstić information content (AvgIpc) is 2.27. The van der Waals surface area contributed by atoms with E-state index in [9.17, 15) is 5.11 Å². The summed E-state index contributed by atoms with van der Waals surface area (Å²) in [5.41, 5.74) is 1.12. The van der Waals surface area contributed by atoms with Crippen molar-refractivity contribution in [1.29, 1.82) is 0 Å². The topological polar surface area (TPSA) is 46.9 Å². The van der Waals surface area contributed by atoms with Crippen LogP contribution in [0.5, 0.6) is 0 Å². The van der Waals surface area contributed by atoms with Gasteiger partial charge in [-0.1, -0.05) is 12.2 Å². The van der Waals surface area contributed by atoms with E-state index in [-0.39, 0.29) is 19.5 Å². The molecule has 0 amide bonds. The lowest BCUT2D eigenvalue weighted by atomic mass is 10.00. The Kier molecular flexibility index (Phi) is 2.86. The minimum Gasteiger partial charge on any atom is -0.381 e. The predicted octanol–water partition coefficient (Wildman–Crippen LogP) is -0.284. The molecule has 4 nitrogen and oxygen atoms in total. The lowest BCUT2D eigenvalue weighted by molar-refractivity contribution is 0.0123. The van der Waals surface area contributed by atoms with Gasteiger partial charge in [0.2, 0.25) is 0 Å². The van der Waals surface area contributed by atoms with Gasteiger partial charge in [-0.15, -0.1) is 0 Å². The highest BCUT2D eigenvalue weighted by Gasteiger charge is 2.30. The van der Waals surface area contributed by atoms with E-state index in [1.807, 2.05) is 22.0 Å². The first-order valence-corrected chi connectivity index (χ1v) is 4.94. The lowest BCUT2D eigenvalue weighted by Gasteiger charge is -2.43. The van der Waals surface area contributed by atoms with E-state index in [4.69, 9.17) is 5.11 Å². The number of hydrogen-bond acceptors (Lipinski definition) is 4. The fourth-order valence-corrected chi connectivity index (χ4v) is 2.11. The fraction of sp³-hybridized carbons (Fsp3) is 0.600. The number of aliphatic hydroxyl groups excluding tert-OH is 2. The van der Waals surface area contributed by atoms with Crippen molar-refractivity contribution >= 4 is 0 Å². The molecule has 1 unspecified atom stereocenters. The molecule has 2 aliphatic rings. The van der Waals surface area contributed by atoms with Crippen LogP contribution in [0.3, 0.4) is 0 Å². The monoisotopic (exact) mass is 196 g/mol. The number of aliphatic hydroxyl groups is 2. The first-order chi connectivity index (χ1) is 6.86. The molecule has 2 rings (SSSR count). The molecule has 2 N–H and O–H groups in total. The van der Waals surface area contributed by atoms with E-state index in [1.165, 1.54) is 0 Å². The van der Waals surface area contributed by atoms with Crippen LogP contribution in [0, 0.1) is 0 Å². The van der Waals surface area contributed by atoms with Gasteiger partial charge >= 0.3 is 0 Å². The largest absolute Gasteiger partial charge is 0.381 e. The van der Waals surface area contributed by atoms with Crippen LogP contribution in [0.15, 0.2) is 23.9 Å². The molecule has 1 fully saturated rings. The van der Waals surface area contributed by atoms with E-state index in [0.717, 1.165) is 25.2 Å². The Morgan fingerprint density at radius 1 is 1.29 bits per heavy atom. The Bertz CT molecular complexity index is 263. The van der Waals surface area contributed by atoms with Crippen molar-refractivity contribution in [2.75, 3.05) is 26.6 Å². The third-order valence-corrected chi connectivity index (χ3v) is 2.92. The van der Waals surface area contributed by atoms with Gasteiger partial charge in [0.15, 0.2) is 0 Å². The van der Waals surface area contributed by atoms with E-state index < -0.39 is 0 Å². The maximum atomic E-state index is 9.18. The van der Waals surface area contributed by atoms with Crippen LogP contribution in [0.25, 0.3) is 0 Å². The van der Waals surface area contributed by atoms with Crippen molar-refractivity contribution in [1.82, 2.24) is 9.80 Å². The van der Waals surface area contributed by atoms with Gasteiger partial charge in [-0.25, -0.2) is 0 Å². The molecule has 0 aromatic heterocycles. The zero-order valence-corrected chi connectivity index (χ0v) is 8.13. The van der Waals surface area contributed by atoms with Gasteiger partial charge in [-0.2, -0.15) is 0 Å². The average molecular weight is 196 g/mol. The summed E-state index contributed by atoms with van der Waals surface area (Å²) in [7, 11) is 0. The van der Waals surface area contributed by atoms with E-state index >= 15 is 0 Å². The SMILES string of the molecule is OCN1CCN(CO)C2CC=CC=C21. The number of piperazine rings is 1. The second-order valence-electron chi connectivity index (χ2n) is 3.63. The van der Waals surface area contributed by atoms with Crippen LogP contribution in [-0.2, 0) is 0 Å². The Labute approximate surface area is 83.7 Å². The first-order valence-electron chi connectivity index (χ1n) is 4.94.